The number of nitrogens with zero attached hydrogens (tertiary/aromatic N) is 1. The van der Waals surface area contributed by atoms with Crippen molar-refractivity contribution in [3.63, 3.8) is 0 Å². The zero-order valence-corrected chi connectivity index (χ0v) is 11.1. The molecule has 0 aliphatic heterocycles. The van der Waals surface area contributed by atoms with Crippen molar-refractivity contribution in [1.82, 2.24) is 4.90 Å². The van der Waals surface area contributed by atoms with Gasteiger partial charge in [-0.2, -0.15) is 0 Å². The van der Waals surface area contributed by atoms with Crippen molar-refractivity contribution >= 4 is 9.84 Å². The van der Waals surface area contributed by atoms with E-state index in [1.165, 1.54) is 6.26 Å². The van der Waals surface area contributed by atoms with Crippen molar-refractivity contribution in [2.75, 3.05) is 32.1 Å². The summed E-state index contributed by atoms with van der Waals surface area (Å²) in [6.45, 7) is 5.39. The van der Waals surface area contributed by atoms with Gasteiger partial charge in [-0.3, -0.25) is 0 Å². The number of nitrogens with two attached hydrogens (primary N) is 1. The first-order valence-electron chi connectivity index (χ1n) is 5.31. The van der Waals surface area contributed by atoms with Crippen LogP contribution in [0.25, 0.3) is 0 Å². The van der Waals surface area contributed by atoms with Gasteiger partial charge in [0.2, 0.25) is 0 Å². The Kier molecular flexibility index (Phi) is 5.77. The molecular weight excluding hydrogens is 212 g/mol. The predicted octanol–water partition coefficient (Wildman–Crippen LogP) is 0.480. The quantitative estimate of drug-likeness (QED) is 0.698. The van der Waals surface area contributed by atoms with Crippen molar-refractivity contribution in [3.8, 4) is 0 Å². The first-order valence-corrected chi connectivity index (χ1v) is 7.37. The van der Waals surface area contributed by atoms with Crippen LogP contribution in [-0.2, 0) is 9.84 Å². The lowest BCUT2D eigenvalue weighted by Crippen LogP contribution is -2.47. The lowest BCUT2D eigenvalue weighted by atomic mass is 9.97. The Morgan fingerprint density at radius 1 is 1.40 bits per heavy atom. The molecule has 1 unspecified atom stereocenters. The van der Waals surface area contributed by atoms with E-state index in [-0.39, 0.29) is 11.3 Å². The second-order valence-electron chi connectivity index (χ2n) is 4.77. The average Bonchev–Trinajstić information content (AvgIpc) is 1.98. The van der Waals surface area contributed by atoms with Gasteiger partial charge in [0, 0.05) is 24.9 Å². The molecule has 5 heteroatoms. The number of likely N-dealkylation sites (N-methyl/N-ethyl adjacent to an activating group) is 1. The third kappa shape index (κ3) is 8.84. The summed E-state index contributed by atoms with van der Waals surface area (Å²) in [5, 5.41) is 0. The number of rotatable bonds is 7. The monoisotopic (exact) mass is 236 g/mol. The van der Waals surface area contributed by atoms with E-state index in [2.05, 4.69) is 6.92 Å². The van der Waals surface area contributed by atoms with Gasteiger partial charge in [-0.15, -0.1) is 0 Å². The highest BCUT2D eigenvalue weighted by Gasteiger charge is 2.19. The van der Waals surface area contributed by atoms with Crippen LogP contribution in [-0.4, -0.2) is 51.0 Å². The van der Waals surface area contributed by atoms with E-state index in [9.17, 15) is 8.42 Å². The second-order valence-corrected chi connectivity index (χ2v) is 7.03. The summed E-state index contributed by atoms with van der Waals surface area (Å²) >= 11 is 0. The second kappa shape index (κ2) is 5.82. The molecule has 0 fully saturated rings. The minimum atomic E-state index is -2.87. The fraction of sp³-hybridized carbons (Fsp3) is 1.00. The van der Waals surface area contributed by atoms with Gasteiger partial charge in [0.1, 0.15) is 9.84 Å². The summed E-state index contributed by atoms with van der Waals surface area (Å²) in [6, 6.07) is 0. The van der Waals surface area contributed by atoms with Crippen LogP contribution >= 0.6 is 0 Å². The molecule has 4 nitrogen and oxygen atoms in total. The van der Waals surface area contributed by atoms with Crippen LogP contribution in [0, 0.1) is 0 Å². The molecule has 0 amide bonds. The Balaban J connectivity index is 3.98. The molecule has 0 aromatic carbocycles. The molecule has 0 rings (SSSR count). The minimum absolute atomic E-state index is 0.200. The summed E-state index contributed by atoms with van der Waals surface area (Å²) in [5.41, 5.74) is 5.86. The standard InChI is InChI=1S/C10H24N2O2S/c1-5-6-10(2,11)9-12(3)7-8-15(4,13)14/h5-9,11H2,1-4H3. The fourth-order valence-electron chi connectivity index (χ4n) is 1.67. The zero-order chi connectivity index (χ0) is 12.1. The third-order valence-corrected chi connectivity index (χ3v) is 3.22. The number of sulfone groups is 1. The van der Waals surface area contributed by atoms with Crippen molar-refractivity contribution in [3.05, 3.63) is 0 Å². The molecule has 0 aliphatic rings. The topological polar surface area (TPSA) is 63.4 Å². The summed E-state index contributed by atoms with van der Waals surface area (Å²) in [5.74, 6) is 0.200. The van der Waals surface area contributed by atoms with Crippen LogP contribution in [0.5, 0.6) is 0 Å². The van der Waals surface area contributed by atoms with Gasteiger partial charge in [-0.1, -0.05) is 13.3 Å². The first-order chi connectivity index (χ1) is 6.66. The number of hydrogen-bond acceptors (Lipinski definition) is 4. The fourth-order valence-corrected chi connectivity index (χ4v) is 2.31. The highest BCUT2D eigenvalue weighted by atomic mass is 32.2. The normalized spacial score (nSPS) is 16.7. The molecule has 2 N–H and O–H groups in total. The highest BCUT2D eigenvalue weighted by molar-refractivity contribution is 7.90. The average molecular weight is 236 g/mol. The zero-order valence-electron chi connectivity index (χ0n) is 10.3. The molecule has 0 saturated heterocycles. The molecule has 0 bridgehead atoms. The van der Waals surface area contributed by atoms with E-state index in [4.69, 9.17) is 5.73 Å². The molecule has 0 saturated carbocycles. The molecule has 0 heterocycles. The largest absolute Gasteiger partial charge is 0.324 e. The Morgan fingerprint density at radius 2 is 1.93 bits per heavy atom. The predicted molar refractivity (Wildman–Crippen MR) is 64.7 cm³/mol. The van der Waals surface area contributed by atoms with Gasteiger partial charge in [0.05, 0.1) is 5.75 Å². The summed E-state index contributed by atoms with van der Waals surface area (Å²) < 4.78 is 21.9. The summed E-state index contributed by atoms with van der Waals surface area (Å²) in [7, 11) is -0.961. The lowest BCUT2D eigenvalue weighted by molar-refractivity contribution is 0.257. The molecule has 1 atom stereocenters. The van der Waals surface area contributed by atoms with Crippen molar-refractivity contribution in [2.24, 2.45) is 5.73 Å². The molecule has 0 radical (unpaired) electrons. The smallest absolute Gasteiger partial charge is 0.148 e. The Morgan fingerprint density at radius 3 is 2.33 bits per heavy atom. The van der Waals surface area contributed by atoms with Gasteiger partial charge >= 0.3 is 0 Å². The lowest BCUT2D eigenvalue weighted by Gasteiger charge is -2.29. The maximum atomic E-state index is 11.0. The molecule has 15 heavy (non-hydrogen) atoms. The molecule has 0 spiro atoms. The maximum Gasteiger partial charge on any atom is 0.148 e. The van der Waals surface area contributed by atoms with Crippen LogP contribution in [0.15, 0.2) is 0 Å². The van der Waals surface area contributed by atoms with Crippen molar-refractivity contribution < 1.29 is 8.42 Å². The minimum Gasteiger partial charge on any atom is -0.324 e. The molecule has 0 aliphatic carbocycles. The van der Waals surface area contributed by atoms with E-state index in [0.717, 1.165) is 19.4 Å². The van der Waals surface area contributed by atoms with Crippen LogP contribution in [0.1, 0.15) is 26.7 Å². The number of hydrogen-bond donors (Lipinski definition) is 1. The van der Waals surface area contributed by atoms with Gasteiger partial charge < -0.3 is 10.6 Å². The van der Waals surface area contributed by atoms with Gasteiger partial charge in [-0.05, 0) is 20.4 Å². The van der Waals surface area contributed by atoms with E-state index >= 15 is 0 Å². The van der Waals surface area contributed by atoms with E-state index < -0.39 is 9.84 Å². The molecule has 0 aromatic heterocycles. The van der Waals surface area contributed by atoms with Crippen LogP contribution in [0.4, 0.5) is 0 Å². The molecular formula is C10H24N2O2S. The third-order valence-electron chi connectivity index (χ3n) is 2.30. The van der Waals surface area contributed by atoms with Gasteiger partial charge in [0.15, 0.2) is 0 Å². The van der Waals surface area contributed by atoms with Crippen LogP contribution in [0.2, 0.25) is 0 Å². The van der Waals surface area contributed by atoms with Crippen molar-refractivity contribution in [1.29, 1.82) is 0 Å². The SMILES string of the molecule is CCCC(C)(N)CN(C)CCS(C)(=O)=O. The maximum absolute atomic E-state index is 11.0. The Labute approximate surface area is 93.7 Å². The summed E-state index contributed by atoms with van der Waals surface area (Å²) in [4.78, 5) is 1.98. The van der Waals surface area contributed by atoms with E-state index in [0.29, 0.717) is 6.54 Å². The Bertz CT molecular complexity index is 273. The Hall–Kier alpha value is -0.130. The summed E-state index contributed by atoms with van der Waals surface area (Å²) in [6.07, 6.45) is 3.26. The van der Waals surface area contributed by atoms with E-state index in [1.807, 2.05) is 18.9 Å². The van der Waals surface area contributed by atoms with Crippen LogP contribution < -0.4 is 5.73 Å². The van der Waals surface area contributed by atoms with Crippen LogP contribution in [0.3, 0.4) is 0 Å². The van der Waals surface area contributed by atoms with E-state index in [1.54, 1.807) is 0 Å². The molecule has 92 valence electrons. The highest BCUT2D eigenvalue weighted by Crippen LogP contribution is 2.09. The van der Waals surface area contributed by atoms with Gasteiger partial charge in [0.25, 0.3) is 0 Å². The van der Waals surface area contributed by atoms with Crippen molar-refractivity contribution in [2.45, 2.75) is 32.2 Å². The van der Waals surface area contributed by atoms with Gasteiger partial charge in [-0.25, -0.2) is 8.42 Å². The molecule has 0 aromatic rings. The first kappa shape index (κ1) is 14.9.